The van der Waals surface area contributed by atoms with Gasteiger partial charge in [-0.3, -0.25) is 4.79 Å². The molecule has 24 heavy (non-hydrogen) atoms. The van der Waals surface area contributed by atoms with Gasteiger partial charge in [0, 0.05) is 11.8 Å². The molecule has 0 aromatic heterocycles. The van der Waals surface area contributed by atoms with E-state index in [4.69, 9.17) is 0 Å². The molecule has 0 aromatic carbocycles. The summed E-state index contributed by atoms with van der Waals surface area (Å²) >= 11 is 0. The maximum atomic E-state index is 13.3. The molecule has 0 aromatic rings. The van der Waals surface area contributed by atoms with E-state index < -0.39 is 23.0 Å². The van der Waals surface area contributed by atoms with Crippen LogP contribution in [0.2, 0.25) is 0 Å². The van der Waals surface area contributed by atoms with Crippen LogP contribution in [0.5, 0.6) is 0 Å². The zero-order valence-electron chi connectivity index (χ0n) is 15.8. The molecule has 136 valence electrons. The van der Waals surface area contributed by atoms with Crippen molar-refractivity contribution in [2.45, 2.75) is 77.4 Å². The van der Waals surface area contributed by atoms with Gasteiger partial charge in [0.15, 0.2) is 0 Å². The maximum absolute atomic E-state index is 13.3. The molecular weight excluding hydrogens is 300 g/mol. The molecule has 0 saturated heterocycles. The summed E-state index contributed by atoms with van der Waals surface area (Å²) in [5.41, 5.74) is 0.182. The van der Waals surface area contributed by atoms with E-state index >= 15 is 0 Å². The third-order valence-corrected chi connectivity index (χ3v) is 6.62. The Bertz CT molecular complexity index is 483. The molecule has 0 bridgehead atoms. The first-order chi connectivity index (χ1) is 11.0. The van der Waals surface area contributed by atoms with Crippen LogP contribution in [0.4, 0.5) is 0 Å². The molecule has 3 heteroatoms. The average molecular weight is 335 g/mol. The molecule has 0 radical (unpaired) electrons. The van der Waals surface area contributed by atoms with Gasteiger partial charge in [0.1, 0.15) is 5.78 Å². The minimum Gasteiger partial charge on any atom is -0.389 e. The average Bonchev–Trinajstić information content (AvgIpc) is 2.45. The van der Waals surface area contributed by atoms with E-state index in [0.29, 0.717) is 25.7 Å². The van der Waals surface area contributed by atoms with Gasteiger partial charge in [-0.25, -0.2) is 0 Å². The normalized spacial score (nSPS) is 43.2. The highest BCUT2D eigenvalue weighted by atomic mass is 16.3. The van der Waals surface area contributed by atoms with Gasteiger partial charge in [-0.15, -0.1) is 0 Å². The van der Waals surface area contributed by atoms with Crippen molar-refractivity contribution in [3.8, 4) is 0 Å². The fourth-order valence-electron chi connectivity index (χ4n) is 4.58. The van der Waals surface area contributed by atoms with E-state index in [1.54, 1.807) is 13.8 Å². The van der Waals surface area contributed by atoms with Crippen molar-refractivity contribution in [2.24, 2.45) is 23.7 Å². The Morgan fingerprint density at radius 3 is 1.50 bits per heavy atom. The fraction of sp³-hybridized carbons (Fsp3) is 0.762. The minimum absolute atomic E-state index is 0.0295. The van der Waals surface area contributed by atoms with Crippen molar-refractivity contribution < 1.29 is 15.0 Å². The van der Waals surface area contributed by atoms with Crippen LogP contribution in [-0.2, 0) is 4.79 Å². The van der Waals surface area contributed by atoms with Crippen LogP contribution in [0, 0.1) is 23.7 Å². The van der Waals surface area contributed by atoms with Crippen molar-refractivity contribution in [2.75, 3.05) is 0 Å². The van der Waals surface area contributed by atoms with Crippen LogP contribution in [0.3, 0.4) is 0 Å². The van der Waals surface area contributed by atoms with Crippen molar-refractivity contribution in [1.29, 1.82) is 0 Å². The van der Waals surface area contributed by atoms with Gasteiger partial charge in [-0.2, -0.15) is 0 Å². The Labute approximate surface area is 146 Å². The predicted molar refractivity (Wildman–Crippen MR) is 97.5 cm³/mol. The smallest absolute Gasteiger partial charge is 0.144 e. The van der Waals surface area contributed by atoms with Crippen LogP contribution in [0.1, 0.15) is 66.2 Å². The number of rotatable bonds is 4. The Morgan fingerprint density at radius 1 is 0.875 bits per heavy atom. The lowest BCUT2D eigenvalue weighted by atomic mass is 9.61. The van der Waals surface area contributed by atoms with Crippen LogP contribution in [0.25, 0.3) is 0 Å². The molecule has 2 N–H and O–H groups in total. The van der Waals surface area contributed by atoms with Crippen LogP contribution in [-0.4, -0.2) is 27.2 Å². The van der Waals surface area contributed by atoms with Crippen molar-refractivity contribution in [3.63, 3.8) is 0 Å². The van der Waals surface area contributed by atoms with Crippen molar-refractivity contribution >= 4 is 5.78 Å². The quantitative estimate of drug-likeness (QED) is 0.763. The number of allylic oxidation sites excluding steroid dienone is 2. The predicted octanol–water partition coefficient (Wildman–Crippen LogP) is 4.04. The lowest BCUT2D eigenvalue weighted by Gasteiger charge is -2.46. The van der Waals surface area contributed by atoms with Crippen molar-refractivity contribution in [3.05, 3.63) is 24.3 Å². The highest BCUT2D eigenvalue weighted by molar-refractivity contribution is 5.86. The summed E-state index contributed by atoms with van der Waals surface area (Å²) in [7, 11) is 0. The first-order valence-corrected chi connectivity index (χ1v) is 9.25. The Balaban J connectivity index is 2.25. The third kappa shape index (κ3) is 3.83. The number of carbonyl (C=O) groups excluding carboxylic acids is 1. The summed E-state index contributed by atoms with van der Waals surface area (Å²) in [5.74, 6) is -0.252. The SMILES string of the molecule is C=C(C)C1CCC(C)(O)C(C(=O)C2CC(C(=C)C)CCC2(C)O)C1. The van der Waals surface area contributed by atoms with Gasteiger partial charge in [-0.05, 0) is 78.1 Å². The lowest BCUT2D eigenvalue weighted by molar-refractivity contribution is -0.152. The lowest BCUT2D eigenvalue weighted by Crippen LogP contribution is -2.52. The molecular formula is C21H34O3. The van der Waals surface area contributed by atoms with E-state index in [2.05, 4.69) is 13.2 Å². The Hall–Kier alpha value is -0.930. The number of ketones is 1. The van der Waals surface area contributed by atoms with Gasteiger partial charge in [-0.1, -0.05) is 24.3 Å². The second-order valence-corrected chi connectivity index (χ2v) is 8.86. The highest BCUT2D eigenvalue weighted by Gasteiger charge is 2.50. The topological polar surface area (TPSA) is 57.5 Å². The number of carbonyl (C=O) groups is 1. The number of hydrogen-bond acceptors (Lipinski definition) is 3. The van der Waals surface area contributed by atoms with E-state index in [9.17, 15) is 15.0 Å². The summed E-state index contributed by atoms with van der Waals surface area (Å²) in [6.07, 6.45) is 4.26. The van der Waals surface area contributed by atoms with Gasteiger partial charge in [0.05, 0.1) is 11.2 Å². The van der Waals surface area contributed by atoms with Crippen LogP contribution in [0.15, 0.2) is 24.3 Å². The van der Waals surface area contributed by atoms with Crippen molar-refractivity contribution in [1.82, 2.24) is 0 Å². The zero-order valence-corrected chi connectivity index (χ0v) is 15.8. The molecule has 3 nitrogen and oxygen atoms in total. The summed E-state index contributed by atoms with van der Waals surface area (Å²) in [6, 6.07) is 0. The van der Waals surface area contributed by atoms with E-state index in [0.717, 1.165) is 24.0 Å². The minimum atomic E-state index is -0.991. The second-order valence-electron chi connectivity index (χ2n) is 8.86. The highest BCUT2D eigenvalue weighted by Crippen LogP contribution is 2.46. The number of Topliss-reactive ketones (excluding diaryl/α,β-unsaturated/α-hetero) is 1. The van der Waals surface area contributed by atoms with Crippen LogP contribution < -0.4 is 0 Å². The largest absolute Gasteiger partial charge is 0.389 e. The molecule has 0 spiro atoms. The molecule has 0 heterocycles. The first kappa shape index (κ1) is 19.4. The van der Waals surface area contributed by atoms with E-state index in [1.165, 1.54) is 0 Å². The summed E-state index contributed by atoms with van der Waals surface area (Å²) in [5, 5.41) is 21.7. The second kappa shape index (κ2) is 6.76. The number of hydrogen-bond donors (Lipinski definition) is 2. The standard InChI is InChI=1S/C21H34O3/c1-13(2)15-7-9-20(5,23)17(11-15)19(22)18-12-16(14(3)4)8-10-21(18,6)24/h15-18,23-24H,1,3,7-12H2,2,4-6H3. The first-order valence-electron chi connectivity index (χ1n) is 9.25. The van der Waals surface area contributed by atoms with Crippen LogP contribution >= 0.6 is 0 Å². The molecule has 2 rings (SSSR count). The molecule has 2 aliphatic rings. The summed E-state index contributed by atoms with van der Waals surface area (Å²) < 4.78 is 0. The molecule has 0 amide bonds. The summed E-state index contributed by atoms with van der Waals surface area (Å²) in [6.45, 7) is 15.6. The van der Waals surface area contributed by atoms with E-state index in [-0.39, 0.29) is 17.6 Å². The van der Waals surface area contributed by atoms with Gasteiger partial charge >= 0.3 is 0 Å². The van der Waals surface area contributed by atoms with Gasteiger partial charge in [0.25, 0.3) is 0 Å². The van der Waals surface area contributed by atoms with E-state index in [1.807, 2.05) is 13.8 Å². The molecule has 2 fully saturated rings. The molecule has 6 unspecified atom stereocenters. The molecule has 2 saturated carbocycles. The Kier molecular flexibility index (Phi) is 5.46. The monoisotopic (exact) mass is 334 g/mol. The third-order valence-electron chi connectivity index (χ3n) is 6.62. The number of aliphatic hydroxyl groups is 2. The molecule has 2 aliphatic carbocycles. The summed E-state index contributed by atoms with van der Waals surface area (Å²) in [4.78, 5) is 13.3. The zero-order chi connectivity index (χ0) is 18.3. The fourth-order valence-corrected chi connectivity index (χ4v) is 4.58. The molecule has 0 aliphatic heterocycles. The molecule has 6 atom stereocenters. The van der Waals surface area contributed by atoms with Gasteiger partial charge < -0.3 is 10.2 Å². The van der Waals surface area contributed by atoms with Gasteiger partial charge in [0.2, 0.25) is 0 Å². The Morgan fingerprint density at radius 2 is 1.21 bits per heavy atom. The maximum Gasteiger partial charge on any atom is 0.144 e.